The van der Waals surface area contributed by atoms with E-state index in [-0.39, 0.29) is 0 Å². The maximum atomic E-state index is 12.0. The summed E-state index contributed by atoms with van der Waals surface area (Å²) < 4.78 is 10.4. The Hall–Kier alpha value is -2.24. The number of nitrogen functional groups attached to an aromatic ring is 1. The Balaban J connectivity index is 2.31. The van der Waals surface area contributed by atoms with E-state index in [1.54, 1.807) is 46.0 Å². The van der Waals surface area contributed by atoms with Crippen LogP contribution in [-0.4, -0.2) is 23.9 Å². The van der Waals surface area contributed by atoms with Gasteiger partial charge < -0.3 is 15.0 Å². The molecular formula is C13H17N3O3. The van der Waals surface area contributed by atoms with Gasteiger partial charge in [0.2, 0.25) is 0 Å². The summed E-state index contributed by atoms with van der Waals surface area (Å²) in [6.07, 6.45) is -0.487. The first-order chi connectivity index (χ1) is 8.78. The summed E-state index contributed by atoms with van der Waals surface area (Å²) in [6.45, 7) is 5.42. The lowest BCUT2D eigenvalue weighted by Crippen LogP contribution is -2.34. The van der Waals surface area contributed by atoms with Gasteiger partial charge in [0.05, 0.1) is 5.39 Å². The number of rotatable bonds is 1. The van der Waals surface area contributed by atoms with Crippen molar-refractivity contribution in [3.63, 3.8) is 0 Å². The quantitative estimate of drug-likeness (QED) is 0.800. The fourth-order valence-corrected chi connectivity index (χ4v) is 1.60. The molecule has 0 fully saturated rings. The minimum atomic E-state index is -0.560. The number of hydrogen-bond donors (Lipinski definition) is 1. The van der Waals surface area contributed by atoms with Crippen LogP contribution in [0.5, 0.6) is 0 Å². The van der Waals surface area contributed by atoms with Crippen LogP contribution in [0.1, 0.15) is 20.8 Å². The number of anilines is 2. The van der Waals surface area contributed by atoms with Gasteiger partial charge in [0.1, 0.15) is 5.60 Å². The van der Waals surface area contributed by atoms with Crippen LogP contribution in [0.2, 0.25) is 0 Å². The van der Waals surface area contributed by atoms with Crippen molar-refractivity contribution in [1.82, 2.24) is 5.16 Å². The van der Waals surface area contributed by atoms with Crippen LogP contribution in [-0.2, 0) is 4.74 Å². The molecule has 6 nitrogen and oxygen atoms in total. The van der Waals surface area contributed by atoms with Crippen LogP contribution in [0.25, 0.3) is 11.0 Å². The second-order valence-electron chi connectivity index (χ2n) is 5.30. The SMILES string of the molecule is CN(C(=O)OC(C)(C)C)c1noc2cc(N)ccc12. The zero-order chi connectivity index (χ0) is 14.2. The van der Waals surface area contributed by atoms with Gasteiger partial charge in [-0.1, -0.05) is 5.16 Å². The molecule has 6 heteroatoms. The smallest absolute Gasteiger partial charge is 0.415 e. The number of aromatic nitrogens is 1. The van der Waals surface area contributed by atoms with Crippen molar-refractivity contribution in [3.05, 3.63) is 18.2 Å². The summed E-state index contributed by atoms with van der Waals surface area (Å²) in [5.41, 5.74) is 6.21. The molecular weight excluding hydrogens is 246 g/mol. The molecule has 0 saturated heterocycles. The standard InChI is InChI=1S/C13H17N3O3/c1-13(2,3)18-12(17)16(4)11-9-6-5-8(14)7-10(9)19-15-11/h5-7H,14H2,1-4H3. The number of nitrogens with zero attached hydrogens (tertiary/aromatic N) is 2. The van der Waals surface area contributed by atoms with Gasteiger partial charge in [-0.2, -0.15) is 0 Å². The summed E-state index contributed by atoms with van der Waals surface area (Å²) in [7, 11) is 1.59. The van der Waals surface area contributed by atoms with E-state index in [2.05, 4.69) is 5.16 Å². The van der Waals surface area contributed by atoms with Gasteiger partial charge in [-0.15, -0.1) is 0 Å². The Kier molecular flexibility index (Phi) is 3.09. The molecule has 0 radical (unpaired) electrons. The molecule has 1 aromatic heterocycles. The predicted octanol–water partition coefficient (Wildman–Crippen LogP) is 2.78. The Labute approximate surface area is 111 Å². The van der Waals surface area contributed by atoms with Gasteiger partial charge in [-0.25, -0.2) is 4.79 Å². The number of carbonyl (C=O) groups is 1. The topological polar surface area (TPSA) is 81.6 Å². The zero-order valence-corrected chi connectivity index (χ0v) is 11.4. The molecule has 0 aliphatic rings. The normalized spacial score (nSPS) is 11.6. The van der Waals surface area contributed by atoms with Crippen molar-refractivity contribution < 1.29 is 14.1 Å². The second kappa shape index (κ2) is 4.46. The van der Waals surface area contributed by atoms with Crippen molar-refractivity contribution in [2.24, 2.45) is 0 Å². The van der Waals surface area contributed by atoms with Crippen molar-refractivity contribution in [1.29, 1.82) is 0 Å². The van der Waals surface area contributed by atoms with Crippen LogP contribution >= 0.6 is 0 Å². The zero-order valence-electron chi connectivity index (χ0n) is 11.4. The van der Waals surface area contributed by atoms with Crippen LogP contribution in [0, 0.1) is 0 Å². The van der Waals surface area contributed by atoms with Crippen molar-refractivity contribution >= 4 is 28.6 Å². The summed E-state index contributed by atoms with van der Waals surface area (Å²) in [4.78, 5) is 13.3. The highest BCUT2D eigenvalue weighted by molar-refractivity contribution is 5.98. The Morgan fingerprint density at radius 3 is 2.74 bits per heavy atom. The minimum Gasteiger partial charge on any atom is -0.443 e. The first kappa shape index (κ1) is 13.2. The fraction of sp³-hybridized carbons (Fsp3) is 0.385. The van der Waals surface area contributed by atoms with E-state index in [9.17, 15) is 4.79 Å². The van der Waals surface area contributed by atoms with Gasteiger partial charge >= 0.3 is 6.09 Å². The van der Waals surface area contributed by atoms with Gasteiger partial charge in [0, 0.05) is 18.8 Å². The third kappa shape index (κ3) is 2.78. The van der Waals surface area contributed by atoms with Crippen LogP contribution in [0.15, 0.2) is 22.7 Å². The molecule has 0 bridgehead atoms. The number of carbonyl (C=O) groups excluding carboxylic acids is 1. The van der Waals surface area contributed by atoms with E-state index in [0.717, 1.165) is 0 Å². The highest BCUT2D eigenvalue weighted by Crippen LogP contribution is 2.27. The maximum absolute atomic E-state index is 12.0. The van der Waals surface area contributed by atoms with Crippen molar-refractivity contribution in [2.45, 2.75) is 26.4 Å². The lowest BCUT2D eigenvalue weighted by molar-refractivity contribution is 0.0587. The van der Waals surface area contributed by atoms with Crippen LogP contribution in [0.3, 0.4) is 0 Å². The number of nitrogens with two attached hydrogens (primary N) is 1. The maximum Gasteiger partial charge on any atom is 0.415 e. The fourth-order valence-electron chi connectivity index (χ4n) is 1.60. The molecule has 19 heavy (non-hydrogen) atoms. The average Bonchev–Trinajstić information content (AvgIpc) is 2.68. The van der Waals surface area contributed by atoms with E-state index in [4.69, 9.17) is 15.0 Å². The lowest BCUT2D eigenvalue weighted by atomic mass is 10.2. The van der Waals surface area contributed by atoms with Crippen molar-refractivity contribution in [3.8, 4) is 0 Å². The molecule has 0 aliphatic heterocycles. The molecule has 0 atom stereocenters. The Morgan fingerprint density at radius 2 is 2.11 bits per heavy atom. The number of fused-ring (bicyclic) bond motifs is 1. The molecule has 102 valence electrons. The number of ether oxygens (including phenoxy) is 1. The molecule has 2 rings (SSSR count). The summed E-state index contributed by atoms with van der Waals surface area (Å²) >= 11 is 0. The average molecular weight is 263 g/mol. The van der Waals surface area contributed by atoms with E-state index >= 15 is 0 Å². The molecule has 0 saturated carbocycles. The van der Waals surface area contributed by atoms with E-state index in [0.29, 0.717) is 22.5 Å². The van der Waals surface area contributed by atoms with Gasteiger partial charge in [0.25, 0.3) is 0 Å². The first-order valence-corrected chi connectivity index (χ1v) is 5.89. The molecule has 0 unspecified atom stereocenters. The molecule has 2 aromatic rings. The Morgan fingerprint density at radius 1 is 1.42 bits per heavy atom. The predicted molar refractivity (Wildman–Crippen MR) is 73.1 cm³/mol. The lowest BCUT2D eigenvalue weighted by Gasteiger charge is -2.23. The minimum absolute atomic E-state index is 0.407. The molecule has 1 aromatic carbocycles. The summed E-state index contributed by atoms with van der Waals surface area (Å²) in [6, 6.07) is 5.15. The van der Waals surface area contributed by atoms with E-state index in [1.165, 1.54) is 4.90 Å². The molecule has 2 N–H and O–H groups in total. The highest BCUT2D eigenvalue weighted by atomic mass is 16.6. The summed E-state index contributed by atoms with van der Waals surface area (Å²) in [5.74, 6) is 0.407. The number of amides is 1. The largest absolute Gasteiger partial charge is 0.443 e. The number of benzene rings is 1. The van der Waals surface area contributed by atoms with Crippen molar-refractivity contribution in [2.75, 3.05) is 17.7 Å². The van der Waals surface area contributed by atoms with E-state index in [1.807, 2.05) is 0 Å². The second-order valence-corrected chi connectivity index (χ2v) is 5.30. The third-order valence-electron chi connectivity index (χ3n) is 2.46. The third-order valence-corrected chi connectivity index (χ3v) is 2.46. The number of hydrogen-bond acceptors (Lipinski definition) is 5. The molecule has 1 heterocycles. The molecule has 0 spiro atoms. The Bertz CT molecular complexity index is 613. The van der Waals surface area contributed by atoms with Gasteiger partial charge in [0.15, 0.2) is 11.4 Å². The molecule has 1 amide bonds. The van der Waals surface area contributed by atoms with Crippen LogP contribution in [0.4, 0.5) is 16.3 Å². The van der Waals surface area contributed by atoms with Crippen LogP contribution < -0.4 is 10.6 Å². The summed E-state index contributed by atoms with van der Waals surface area (Å²) in [5, 5.41) is 4.59. The molecule has 0 aliphatic carbocycles. The van der Waals surface area contributed by atoms with Gasteiger partial charge in [-0.3, -0.25) is 4.90 Å². The highest BCUT2D eigenvalue weighted by Gasteiger charge is 2.24. The van der Waals surface area contributed by atoms with E-state index < -0.39 is 11.7 Å². The first-order valence-electron chi connectivity index (χ1n) is 5.89. The van der Waals surface area contributed by atoms with Gasteiger partial charge in [-0.05, 0) is 32.9 Å². The monoisotopic (exact) mass is 263 g/mol.